The highest BCUT2D eigenvalue weighted by Crippen LogP contribution is 2.26. The molecule has 1 atom stereocenters. The number of carbonyl (C=O) groups excluding carboxylic acids is 1. The lowest BCUT2D eigenvalue weighted by Crippen LogP contribution is -2.51. The standard InChI is InChI=1S/C19H27FN4O4/c1-19(2,3)28-18(25)23-7-6-15(13-23)21-8-10-22(11-9-21)17-5-4-14(24(26)27)12-16(17)20/h4-5,12,15H,6-11,13H2,1-3H3. The summed E-state index contributed by atoms with van der Waals surface area (Å²) in [6.45, 7) is 9.67. The first-order valence-corrected chi connectivity index (χ1v) is 9.55. The fourth-order valence-electron chi connectivity index (χ4n) is 3.73. The van der Waals surface area contributed by atoms with Gasteiger partial charge in [-0.25, -0.2) is 9.18 Å². The van der Waals surface area contributed by atoms with Gasteiger partial charge in [0.25, 0.3) is 5.69 Å². The van der Waals surface area contributed by atoms with Gasteiger partial charge in [-0.05, 0) is 33.3 Å². The topological polar surface area (TPSA) is 79.2 Å². The highest BCUT2D eigenvalue weighted by Gasteiger charge is 2.34. The van der Waals surface area contributed by atoms with Crippen LogP contribution in [0.2, 0.25) is 0 Å². The molecule has 2 aliphatic rings. The predicted octanol–water partition coefficient (Wildman–Crippen LogP) is 2.87. The zero-order valence-electron chi connectivity index (χ0n) is 16.6. The van der Waals surface area contributed by atoms with Crippen LogP contribution in [0.3, 0.4) is 0 Å². The molecule has 0 aliphatic carbocycles. The van der Waals surface area contributed by atoms with Crippen LogP contribution in [0.1, 0.15) is 27.2 Å². The molecular formula is C19H27FN4O4. The molecule has 154 valence electrons. The maximum atomic E-state index is 14.3. The van der Waals surface area contributed by atoms with Crippen LogP contribution in [0.25, 0.3) is 0 Å². The van der Waals surface area contributed by atoms with Crippen LogP contribution < -0.4 is 4.90 Å². The van der Waals surface area contributed by atoms with Crippen molar-refractivity contribution in [1.82, 2.24) is 9.80 Å². The Bertz CT molecular complexity index is 744. The Labute approximate surface area is 164 Å². The third kappa shape index (κ3) is 4.70. The summed E-state index contributed by atoms with van der Waals surface area (Å²) in [5.41, 5.74) is -0.351. The number of non-ortho nitro benzene ring substituents is 1. The van der Waals surface area contributed by atoms with Gasteiger partial charge >= 0.3 is 6.09 Å². The number of nitro benzene ring substituents is 1. The molecule has 28 heavy (non-hydrogen) atoms. The highest BCUT2D eigenvalue weighted by atomic mass is 19.1. The third-order valence-electron chi connectivity index (χ3n) is 5.13. The van der Waals surface area contributed by atoms with Crippen LogP contribution in [-0.2, 0) is 4.74 Å². The van der Waals surface area contributed by atoms with Crippen molar-refractivity contribution in [1.29, 1.82) is 0 Å². The largest absolute Gasteiger partial charge is 0.444 e. The molecule has 1 unspecified atom stereocenters. The molecule has 2 fully saturated rings. The van der Waals surface area contributed by atoms with Gasteiger partial charge in [-0.1, -0.05) is 0 Å². The molecule has 2 heterocycles. The maximum absolute atomic E-state index is 14.3. The van der Waals surface area contributed by atoms with Crippen molar-refractivity contribution >= 4 is 17.5 Å². The summed E-state index contributed by atoms with van der Waals surface area (Å²) in [5, 5.41) is 10.8. The number of amides is 1. The lowest BCUT2D eigenvalue weighted by Gasteiger charge is -2.39. The minimum atomic E-state index is -0.596. The Morgan fingerprint density at radius 1 is 1.21 bits per heavy atom. The number of halogens is 1. The van der Waals surface area contributed by atoms with Crippen molar-refractivity contribution in [2.45, 2.75) is 38.8 Å². The van der Waals surface area contributed by atoms with E-state index in [1.54, 1.807) is 4.90 Å². The fourth-order valence-corrected chi connectivity index (χ4v) is 3.73. The molecule has 1 amide bonds. The molecule has 0 bridgehead atoms. The van der Waals surface area contributed by atoms with Gasteiger partial charge in [-0.3, -0.25) is 15.0 Å². The number of carbonyl (C=O) groups is 1. The number of anilines is 1. The summed E-state index contributed by atoms with van der Waals surface area (Å²) in [7, 11) is 0. The van der Waals surface area contributed by atoms with Crippen LogP contribution in [0.15, 0.2) is 18.2 Å². The number of ether oxygens (including phenoxy) is 1. The van der Waals surface area contributed by atoms with Gasteiger partial charge in [0.1, 0.15) is 5.60 Å². The number of hydrogen-bond donors (Lipinski definition) is 0. The molecule has 2 saturated heterocycles. The Morgan fingerprint density at radius 2 is 1.89 bits per heavy atom. The quantitative estimate of drug-likeness (QED) is 0.579. The molecule has 0 aromatic heterocycles. The molecular weight excluding hydrogens is 367 g/mol. The molecule has 3 rings (SSSR count). The van der Waals surface area contributed by atoms with Crippen molar-refractivity contribution < 1.29 is 18.8 Å². The Hall–Kier alpha value is -2.42. The first-order chi connectivity index (χ1) is 13.1. The minimum absolute atomic E-state index is 0.243. The molecule has 0 saturated carbocycles. The molecule has 9 heteroatoms. The molecule has 0 N–H and O–H groups in total. The monoisotopic (exact) mass is 394 g/mol. The van der Waals surface area contributed by atoms with E-state index in [1.807, 2.05) is 25.7 Å². The predicted molar refractivity (Wildman–Crippen MR) is 103 cm³/mol. The van der Waals surface area contributed by atoms with Gasteiger partial charge in [0.15, 0.2) is 5.82 Å². The summed E-state index contributed by atoms with van der Waals surface area (Å²) in [4.78, 5) is 28.4. The Morgan fingerprint density at radius 3 is 2.46 bits per heavy atom. The Kier molecular flexibility index (Phi) is 5.74. The summed E-state index contributed by atoms with van der Waals surface area (Å²) in [6.07, 6.45) is 0.618. The zero-order valence-corrected chi connectivity index (χ0v) is 16.6. The number of likely N-dealkylation sites (tertiary alicyclic amines) is 1. The first-order valence-electron chi connectivity index (χ1n) is 9.55. The number of rotatable bonds is 3. The fraction of sp³-hybridized carbons (Fsp3) is 0.632. The van der Waals surface area contributed by atoms with Crippen LogP contribution in [0, 0.1) is 15.9 Å². The molecule has 8 nitrogen and oxygen atoms in total. The van der Waals surface area contributed by atoms with E-state index >= 15 is 0 Å². The van der Waals surface area contributed by atoms with Gasteiger partial charge in [0.2, 0.25) is 0 Å². The maximum Gasteiger partial charge on any atom is 0.410 e. The zero-order chi connectivity index (χ0) is 20.5. The number of hydrogen-bond acceptors (Lipinski definition) is 6. The van der Waals surface area contributed by atoms with E-state index in [0.717, 1.165) is 25.6 Å². The van der Waals surface area contributed by atoms with Crippen molar-refractivity contribution in [2.75, 3.05) is 44.2 Å². The van der Waals surface area contributed by atoms with Gasteiger partial charge < -0.3 is 14.5 Å². The van der Waals surface area contributed by atoms with Gasteiger partial charge in [-0.2, -0.15) is 0 Å². The average Bonchev–Trinajstić information content (AvgIpc) is 3.10. The van der Waals surface area contributed by atoms with Crippen molar-refractivity contribution in [3.63, 3.8) is 0 Å². The molecule has 2 aliphatic heterocycles. The van der Waals surface area contributed by atoms with E-state index in [0.29, 0.717) is 31.9 Å². The smallest absolute Gasteiger partial charge is 0.410 e. The molecule has 1 aromatic carbocycles. The minimum Gasteiger partial charge on any atom is -0.444 e. The SMILES string of the molecule is CC(C)(C)OC(=O)N1CCC(N2CCN(c3ccc([N+](=O)[O-])cc3F)CC2)C1. The van der Waals surface area contributed by atoms with E-state index < -0.39 is 16.3 Å². The lowest BCUT2D eigenvalue weighted by molar-refractivity contribution is -0.385. The molecule has 0 spiro atoms. The first kappa shape index (κ1) is 20.3. The van der Waals surface area contributed by atoms with Crippen LogP contribution >= 0.6 is 0 Å². The van der Waals surface area contributed by atoms with E-state index in [2.05, 4.69) is 4.90 Å². The Balaban J connectivity index is 1.53. The third-order valence-corrected chi connectivity index (χ3v) is 5.13. The second-order valence-corrected chi connectivity index (χ2v) is 8.28. The second kappa shape index (κ2) is 7.90. The summed E-state index contributed by atoms with van der Waals surface area (Å²) in [5.74, 6) is -0.570. The van der Waals surface area contributed by atoms with Gasteiger partial charge in [0.05, 0.1) is 16.7 Å². The van der Waals surface area contributed by atoms with Crippen molar-refractivity contribution in [3.05, 3.63) is 34.1 Å². The average molecular weight is 394 g/mol. The molecule has 1 aromatic rings. The van der Waals surface area contributed by atoms with Crippen molar-refractivity contribution in [3.8, 4) is 0 Å². The van der Waals surface area contributed by atoms with Crippen molar-refractivity contribution in [2.24, 2.45) is 0 Å². The van der Waals surface area contributed by atoms with E-state index in [1.165, 1.54) is 12.1 Å². The van der Waals surface area contributed by atoms with Crippen LogP contribution in [0.4, 0.5) is 20.6 Å². The molecule has 0 radical (unpaired) electrons. The second-order valence-electron chi connectivity index (χ2n) is 8.28. The van der Waals surface area contributed by atoms with Crippen LogP contribution in [0.5, 0.6) is 0 Å². The number of nitro groups is 1. The number of nitrogens with zero attached hydrogens (tertiary/aromatic N) is 4. The van der Waals surface area contributed by atoms with E-state index in [4.69, 9.17) is 4.74 Å². The normalized spacial score (nSPS) is 21.1. The summed E-state index contributed by atoms with van der Waals surface area (Å²) in [6, 6.07) is 4.05. The van der Waals surface area contributed by atoms with Crippen LogP contribution in [-0.4, -0.2) is 71.7 Å². The summed E-state index contributed by atoms with van der Waals surface area (Å²) < 4.78 is 19.7. The highest BCUT2D eigenvalue weighted by molar-refractivity contribution is 5.68. The number of benzene rings is 1. The van der Waals surface area contributed by atoms with E-state index in [9.17, 15) is 19.3 Å². The number of piperazine rings is 1. The van der Waals surface area contributed by atoms with E-state index in [-0.39, 0.29) is 17.8 Å². The summed E-state index contributed by atoms with van der Waals surface area (Å²) >= 11 is 0. The van der Waals surface area contributed by atoms with Gasteiger partial charge in [-0.15, -0.1) is 0 Å². The lowest BCUT2D eigenvalue weighted by atomic mass is 10.1. The van der Waals surface area contributed by atoms with Gasteiger partial charge in [0, 0.05) is 51.4 Å².